The average Bonchev–Trinajstić information content (AvgIpc) is 2.77. The van der Waals surface area contributed by atoms with Crippen LogP contribution < -0.4 is 0 Å². The van der Waals surface area contributed by atoms with Crippen molar-refractivity contribution in [3.63, 3.8) is 0 Å². The molecule has 2 aliphatic rings. The van der Waals surface area contributed by atoms with Crippen molar-refractivity contribution in [2.45, 2.75) is 47.9 Å². The molecule has 1 aromatic carbocycles. The Bertz CT molecular complexity index is 676. The maximum atomic E-state index is 12.7. The van der Waals surface area contributed by atoms with E-state index in [-0.39, 0.29) is 18.0 Å². The van der Waals surface area contributed by atoms with Crippen molar-refractivity contribution >= 4 is 15.7 Å². The monoisotopic (exact) mass is 303 g/mol. The molecule has 2 fully saturated rings. The summed E-state index contributed by atoms with van der Waals surface area (Å²) in [4.78, 5) is 13.9. The molecule has 0 radical (unpaired) electrons. The maximum Gasteiger partial charge on any atom is 0.298 e. The molecule has 3 rings (SSSR count). The Morgan fingerprint density at radius 3 is 2.24 bits per heavy atom. The Hall–Kier alpha value is -1.80. The van der Waals surface area contributed by atoms with Gasteiger partial charge in [-0.15, -0.1) is 6.42 Å². The van der Waals surface area contributed by atoms with Gasteiger partial charge in [-0.25, -0.2) is 8.42 Å². The van der Waals surface area contributed by atoms with Crippen LogP contribution in [0.25, 0.3) is 0 Å². The molecule has 1 aromatic rings. The van der Waals surface area contributed by atoms with Crippen LogP contribution in [0.3, 0.4) is 0 Å². The van der Waals surface area contributed by atoms with Crippen molar-refractivity contribution < 1.29 is 13.2 Å². The summed E-state index contributed by atoms with van der Waals surface area (Å²) in [6, 6.07) is 8.48. The van der Waals surface area contributed by atoms with Crippen molar-refractivity contribution in [1.82, 2.24) is 4.90 Å². The highest BCUT2D eigenvalue weighted by atomic mass is 32.2. The lowest BCUT2D eigenvalue weighted by molar-refractivity contribution is -0.129. The number of hydrogen-bond donors (Lipinski definition) is 0. The molecule has 21 heavy (non-hydrogen) atoms. The van der Waals surface area contributed by atoms with E-state index >= 15 is 0 Å². The molecular weight excluding hydrogens is 286 g/mol. The van der Waals surface area contributed by atoms with Crippen LogP contribution >= 0.6 is 0 Å². The maximum absolute atomic E-state index is 12.7. The second-order valence-electron chi connectivity index (χ2n) is 5.69. The number of amides is 1. The van der Waals surface area contributed by atoms with E-state index < -0.39 is 15.1 Å². The van der Waals surface area contributed by atoms with Gasteiger partial charge in [-0.3, -0.25) is 4.79 Å². The predicted octanol–water partition coefficient (Wildman–Crippen LogP) is 1.62. The van der Waals surface area contributed by atoms with Crippen LogP contribution in [-0.4, -0.2) is 36.6 Å². The first-order chi connectivity index (χ1) is 10.0. The highest BCUT2D eigenvalue weighted by molar-refractivity contribution is 7.92. The first-order valence-electron chi connectivity index (χ1n) is 7.12. The normalized spacial score (nSPS) is 28.1. The van der Waals surface area contributed by atoms with Gasteiger partial charge in [0.15, 0.2) is 9.84 Å². The second kappa shape index (κ2) is 5.19. The summed E-state index contributed by atoms with van der Waals surface area (Å²) in [5, 5.41) is -0.417. The molecule has 0 saturated carbocycles. The standard InChI is InChI=1S/C16H17NO3S/c1-2-16(18)17-12-8-9-13(17)11-15(10-12)21(19,20)14-6-4-3-5-7-14/h1,3-7,12-13,15H,8-11H2. The smallest absolute Gasteiger partial charge is 0.298 e. The van der Waals surface area contributed by atoms with E-state index in [4.69, 9.17) is 6.42 Å². The fraction of sp³-hybridized carbons (Fsp3) is 0.438. The zero-order chi connectivity index (χ0) is 15.0. The van der Waals surface area contributed by atoms with Gasteiger partial charge >= 0.3 is 0 Å². The van der Waals surface area contributed by atoms with E-state index in [1.54, 1.807) is 35.2 Å². The number of terminal acetylenes is 1. The molecule has 2 saturated heterocycles. The first kappa shape index (κ1) is 14.2. The number of carbonyl (C=O) groups is 1. The van der Waals surface area contributed by atoms with Crippen molar-refractivity contribution in [3.8, 4) is 12.3 Å². The zero-order valence-electron chi connectivity index (χ0n) is 11.6. The fourth-order valence-electron chi connectivity index (χ4n) is 3.59. The summed E-state index contributed by atoms with van der Waals surface area (Å²) >= 11 is 0. The SMILES string of the molecule is C#CC(=O)N1C2CCC1CC(S(=O)(=O)c1ccccc1)C2. The molecule has 2 unspecified atom stereocenters. The number of sulfone groups is 1. The third kappa shape index (κ3) is 2.34. The van der Waals surface area contributed by atoms with Gasteiger partial charge < -0.3 is 4.90 Å². The Morgan fingerprint density at radius 1 is 1.14 bits per heavy atom. The zero-order valence-corrected chi connectivity index (χ0v) is 12.4. The predicted molar refractivity (Wildman–Crippen MR) is 79.1 cm³/mol. The summed E-state index contributed by atoms with van der Waals surface area (Å²) in [5.74, 6) is 1.85. The average molecular weight is 303 g/mol. The number of rotatable bonds is 2. The third-order valence-electron chi connectivity index (χ3n) is 4.56. The van der Waals surface area contributed by atoms with Gasteiger partial charge in [-0.05, 0) is 43.7 Å². The fourth-order valence-corrected chi connectivity index (χ4v) is 5.46. The van der Waals surface area contributed by atoms with Gasteiger partial charge in [-0.1, -0.05) is 18.2 Å². The Labute approximate surface area is 125 Å². The van der Waals surface area contributed by atoms with E-state index in [2.05, 4.69) is 5.92 Å². The van der Waals surface area contributed by atoms with Gasteiger partial charge in [-0.2, -0.15) is 0 Å². The number of carbonyl (C=O) groups excluding carboxylic acids is 1. The molecule has 0 aliphatic carbocycles. The van der Waals surface area contributed by atoms with Crippen molar-refractivity contribution in [2.24, 2.45) is 0 Å². The third-order valence-corrected chi connectivity index (χ3v) is 6.75. The number of nitrogens with zero attached hydrogens (tertiary/aromatic N) is 1. The van der Waals surface area contributed by atoms with Crippen LogP contribution in [0.1, 0.15) is 25.7 Å². The number of benzene rings is 1. The minimum atomic E-state index is -3.33. The quantitative estimate of drug-likeness (QED) is 0.780. The molecule has 0 aromatic heterocycles. The molecular formula is C16H17NO3S. The van der Waals surface area contributed by atoms with Crippen molar-refractivity contribution in [2.75, 3.05) is 0 Å². The van der Waals surface area contributed by atoms with E-state index in [1.165, 1.54) is 0 Å². The molecule has 2 aliphatic heterocycles. The molecule has 0 N–H and O–H groups in total. The summed E-state index contributed by atoms with van der Waals surface area (Å²) in [7, 11) is -3.33. The van der Waals surface area contributed by atoms with Crippen LogP contribution in [-0.2, 0) is 14.6 Å². The van der Waals surface area contributed by atoms with E-state index in [1.807, 2.05) is 0 Å². The summed E-state index contributed by atoms with van der Waals surface area (Å²) in [6.07, 6.45) is 7.87. The van der Waals surface area contributed by atoms with Crippen LogP contribution in [0.4, 0.5) is 0 Å². The highest BCUT2D eigenvalue weighted by Crippen LogP contribution is 2.39. The Morgan fingerprint density at radius 2 is 1.71 bits per heavy atom. The summed E-state index contributed by atoms with van der Waals surface area (Å²) in [5.41, 5.74) is 0. The second-order valence-corrected chi connectivity index (χ2v) is 7.92. The van der Waals surface area contributed by atoms with E-state index in [0.29, 0.717) is 17.7 Å². The molecule has 2 bridgehead atoms. The highest BCUT2D eigenvalue weighted by Gasteiger charge is 2.46. The lowest BCUT2D eigenvalue weighted by Crippen LogP contribution is -2.49. The van der Waals surface area contributed by atoms with Gasteiger partial charge in [0, 0.05) is 12.1 Å². The van der Waals surface area contributed by atoms with Gasteiger partial charge in [0.25, 0.3) is 5.91 Å². The van der Waals surface area contributed by atoms with Crippen LogP contribution in [0, 0.1) is 12.3 Å². The van der Waals surface area contributed by atoms with Crippen LogP contribution in [0.15, 0.2) is 35.2 Å². The first-order valence-corrected chi connectivity index (χ1v) is 8.66. The number of piperidine rings is 1. The summed E-state index contributed by atoms with van der Waals surface area (Å²) in [6.45, 7) is 0. The molecule has 2 heterocycles. The topological polar surface area (TPSA) is 54.5 Å². The van der Waals surface area contributed by atoms with Crippen molar-refractivity contribution in [3.05, 3.63) is 30.3 Å². The van der Waals surface area contributed by atoms with Gasteiger partial charge in [0.05, 0.1) is 10.1 Å². The lowest BCUT2D eigenvalue weighted by Gasteiger charge is -2.37. The largest absolute Gasteiger partial charge is 0.326 e. The molecule has 4 nitrogen and oxygen atoms in total. The number of hydrogen-bond acceptors (Lipinski definition) is 3. The van der Waals surface area contributed by atoms with Gasteiger partial charge in [0.2, 0.25) is 0 Å². The molecule has 110 valence electrons. The Kier molecular flexibility index (Phi) is 3.50. The van der Waals surface area contributed by atoms with Crippen LogP contribution in [0.2, 0.25) is 0 Å². The number of fused-ring (bicyclic) bond motifs is 2. The minimum Gasteiger partial charge on any atom is -0.326 e. The van der Waals surface area contributed by atoms with Crippen LogP contribution in [0.5, 0.6) is 0 Å². The molecule has 0 spiro atoms. The molecule has 5 heteroatoms. The van der Waals surface area contributed by atoms with E-state index in [0.717, 1.165) is 12.8 Å². The minimum absolute atomic E-state index is 0.0317. The molecule has 1 amide bonds. The lowest BCUT2D eigenvalue weighted by atomic mass is 10.0. The molecule has 2 atom stereocenters. The summed E-state index contributed by atoms with van der Waals surface area (Å²) < 4.78 is 25.4. The van der Waals surface area contributed by atoms with Gasteiger partial charge in [0.1, 0.15) is 0 Å². The van der Waals surface area contributed by atoms with E-state index in [9.17, 15) is 13.2 Å². The Balaban J connectivity index is 1.86. The van der Waals surface area contributed by atoms with Crippen molar-refractivity contribution in [1.29, 1.82) is 0 Å².